The molecular weight excluding hydrogens is 194 g/mol. The van der Waals surface area contributed by atoms with Gasteiger partial charge in [-0.1, -0.05) is 0 Å². The lowest BCUT2D eigenvalue weighted by atomic mass is 10.2. The van der Waals surface area contributed by atoms with Gasteiger partial charge in [0, 0.05) is 20.4 Å². The second-order valence-corrected chi connectivity index (χ2v) is 2.81. The van der Waals surface area contributed by atoms with Crippen LogP contribution in [-0.4, -0.2) is 32.0 Å². The predicted octanol–water partition coefficient (Wildman–Crippen LogP) is 0.984. The van der Waals surface area contributed by atoms with Crippen molar-refractivity contribution in [1.82, 2.24) is 4.98 Å². The molecule has 1 aromatic heterocycles. The number of nitrogens with one attached hydrogen (secondary N) is 1. The number of hydrogen-bond acceptors (Lipinski definition) is 5. The third kappa shape index (κ3) is 3.20. The molecule has 80 valence electrons. The van der Waals surface area contributed by atoms with Crippen LogP contribution in [0.3, 0.4) is 0 Å². The molecule has 1 heterocycles. The molecule has 5 nitrogen and oxygen atoms in total. The molecule has 0 aromatic carbocycles. The third-order valence-corrected chi connectivity index (χ3v) is 1.93. The lowest BCUT2D eigenvalue weighted by Crippen LogP contribution is -2.23. The van der Waals surface area contributed by atoms with Crippen LogP contribution in [0.4, 0.5) is 5.69 Å². The Morgan fingerprint density at radius 3 is 2.87 bits per heavy atom. The Bertz CT molecular complexity index is 345. The molecule has 0 saturated heterocycles. The van der Waals surface area contributed by atoms with Crippen LogP contribution in [0.15, 0.2) is 18.5 Å². The van der Waals surface area contributed by atoms with Crippen LogP contribution in [0, 0.1) is 11.3 Å². The smallest absolute Gasteiger partial charge is 0.173 e. The summed E-state index contributed by atoms with van der Waals surface area (Å²) in [6, 6.07) is 3.72. The van der Waals surface area contributed by atoms with Crippen molar-refractivity contribution < 1.29 is 9.47 Å². The van der Waals surface area contributed by atoms with Crippen molar-refractivity contribution in [2.24, 2.45) is 0 Å². The van der Waals surface area contributed by atoms with Crippen LogP contribution in [-0.2, 0) is 9.47 Å². The molecule has 0 bridgehead atoms. The number of pyridine rings is 1. The fraction of sp³-hybridized carbons (Fsp3) is 0.400. The van der Waals surface area contributed by atoms with Crippen molar-refractivity contribution in [2.75, 3.05) is 26.1 Å². The maximum atomic E-state index is 8.82. The number of aromatic nitrogens is 1. The molecule has 0 unspecified atom stereocenters. The Labute approximate surface area is 88.6 Å². The summed E-state index contributed by atoms with van der Waals surface area (Å²) in [4.78, 5) is 3.93. The summed E-state index contributed by atoms with van der Waals surface area (Å²) in [5.74, 6) is 0. The van der Waals surface area contributed by atoms with E-state index in [4.69, 9.17) is 14.7 Å². The van der Waals surface area contributed by atoms with E-state index in [2.05, 4.69) is 16.4 Å². The fourth-order valence-electron chi connectivity index (χ4n) is 1.09. The molecule has 1 rings (SSSR count). The summed E-state index contributed by atoms with van der Waals surface area (Å²) in [6.45, 7) is 0.466. The minimum absolute atomic E-state index is 0.336. The van der Waals surface area contributed by atoms with E-state index < -0.39 is 0 Å². The quantitative estimate of drug-likeness (QED) is 0.729. The number of nitrogens with zero attached hydrogens (tertiary/aromatic N) is 2. The minimum atomic E-state index is -0.336. The molecule has 0 radical (unpaired) electrons. The number of nitriles is 1. The molecule has 0 spiro atoms. The van der Waals surface area contributed by atoms with E-state index in [1.54, 1.807) is 32.7 Å². The van der Waals surface area contributed by atoms with Gasteiger partial charge in [-0.2, -0.15) is 5.26 Å². The fourth-order valence-corrected chi connectivity index (χ4v) is 1.09. The van der Waals surface area contributed by atoms with Crippen molar-refractivity contribution in [3.8, 4) is 6.07 Å². The van der Waals surface area contributed by atoms with E-state index in [0.29, 0.717) is 17.8 Å². The van der Waals surface area contributed by atoms with Crippen LogP contribution in [0.5, 0.6) is 0 Å². The molecule has 0 amide bonds. The molecule has 0 aliphatic rings. The Morgan fingerprint density at radius 2 is 2.27 bits per heavy atom. The standard InChI is InChI=1S/C10H13N3O2/c1-14-10(15-2)7-13-9-6-12-4-3-8(9)5-11/h3-4,6,10,13H,7H2,1-2H3. The van der Waals surface area contributed by atoms with Crippen molar-refractivity contribution in [2.45, 2.75) is 6.29 Å². The first-order valence-electron chi connectivity index (χ1n) is 4.45. The van der Waals surface area contributed by atoms with Gasteiger partial charge in [0.2, 0.25) is 0 Å². The van der Waals surface area contributed by atoms with Gasteiger partial charge in [-0.3, -0.25) is 4.98 Å². The van der Waals surface area contributed by atoms with Gasteiger partial charge in [0.25, 0.3) is 0 Å². The molecule has 0 aliphatic heterocycles. The molecule has 1 aromatic rings. The van der Waals surface area contributed by atoms with E-state index in [9.17, 15) is 0 Å². The van der Waals surface area contributed by atoms with E-state index >= 15 is 0 Å². The van der Waals surface area contributed by atoms with Crippen LogP contribution < -0.4 is 5.32 Å². The summed E-state index contributed by atoms with van der Waals surface area (Å²) < 4.78 is 10.0. The zero-order chi connectivity index (χ0) is 11.1. The molecule has 0 atom stereocenters. The van der Waals surface area contributed by atoms with Gasteiger partial charge in [-0.15, -0.1) is 0 Å². The Kier molecular flexibility index (Phi) is 4.54. The Balaban J connectivity index is 2.61. The highest BCUT2D eigenvalue weighted by Gasteiger charge is 2.06. The number of rotatable bonds is 5. The highest BCUT2D eigenvalue weighted by atomic mass is 16.7. The van der Waals surface area contributed by atoms with Gasteiger partial charge in [0.1, 0.15) is 6.07 Å². The first-order chi connectivity index (χ1) is 7.31. The highest BCUT2D eigenvalue weighted by molar-refractivity contribution is 5.55. The summed E-state index contributed by atoms with van der Waals surface area (Å²) in [7, 11) is 3.12. The van der Waals surface area contributed by atoms with Gasteiger partial charge in [0.05, 0.1) is 24.0 Å². The summed E-state index contributed by atoms with van der Waals surface area (Å²) >= 11 is 0. The summed E-state index contributed by atoms with van der Waals surface area (Å²) in [6.07, 6.45) is 2.84. The van der Waals surface area contributed by atoms with E-state index in [-0.39, 0.29) is 6.29 Å². The van der Waals surface area contributed by atoms with Gasteiger partial charge in [-0.05, 0) is 6.07 Å². The summed E-state index contributed by atoms with van der Waals surface area (Å²) in [5.41, 5.74) is 1.23. The largest absolute Gasteiger partial charge is 0.378 e. The lowest BCUT2D eigenvalue weighted by molar-refractivity contribution is -0.0914. The minimum Gasteiger partial charge on any atom is -0.378 e. The van der Waals surface area contributed by atoms with E-state index in [1.165, 1.54) is 0 Å². The highest BCUT2D eigenvalue weighted by Crippen LogP contribution is 2.11. The average molecular weight is 207 g/mol. The van der Waals surface area contributed by atoms with Crippen molar-refractivity contribution in [3.05, 3.63) is 24.0 Å². The van der Waals surface area contributed by atoms with Gasteiger partial charge in [0.15, 0.2) is 6.29 Å². The SMILES string of the molecule is COC(CNc1cnccc1C#N)OC. The predicted molar refractivity (Wildman–Crippen MR) is 55.2 cm³/mol. The lowest BCUT2D eigenvalue weighted by Gasteiger charge is -2.15. The molecule has 15 heavy (non-hydrogen) atoms. The van der Waals surface area contributed by atoms with Gasteiger partial charge in [-0.25, -0.2) is 0 Å². The zero-order valence-corrected chi connectivity index (χ0v) is 8.73. The van der Waals surface area contributed by atoms with E-state index in [0.717, 1.165) is 0 Å². The second-order valence-electron chi connectivity index (χ2n) is 2.81. The maximum Gasteiger partial charge on any atom is 0.173 e. The molecule has 5 heteroatoms. The van der Waals surface area contributed by atoms with Crippen molar-refractivity contribution in [1.29, 1.82) is 5.26 Å². The van der Waals surface area contributed by atoms with Crippen molar-refractivity contribution in [3.63, 3.8) is 0 Å². The normalized spacial score (nSPS) is 10.0. The molecular formula is C10H13N3O2. The average Bonchev–Trinajstić information content (AvgIpc) is 2.31. The van der Waals surface area contributed by atoms with Crippen LogP contribution >= 0.6 is 0 Å². The third-order valence-electron chi connectivity index (χ3n) is 1.93. The molecule has 0 fully saturated rings. The topological polar surface area (TPSA) is 67.2 Å². The van der Waals surface area contributed by atoms with Crippen molar-refractivity contribution >= 4 is 5.69 Å². The number of methoxy groups -OCH3 is 2. The molecule has 0 saturated carbocycles. The van der Waals surface area contributed by atoms with Gasteiger partial charge < -0.3 is 14.8 Å². The number of anilines is 1. The number of ether oxygens (including phenoxy) is 2. The summed E-state index contributed by atoms with van der Waals surface area (Å²) in [5, 5.41) is 11.8. The van der Waals surface area contributed by atoms with Gasteiger partial charge >= 0.3 is 0 Å². The first-order valence-corrected chi connectivity index (χ1v) is 4.45. The zero-order valence-electron chi connectivity index (χ0n) is 8.73. The second kappa shape index (κ2) is 5.96. The first kappa shape index (κ1) is 11.4. The molecule has 1 N–H and O–H groups in total. The Morgan fingerprint density at radius 1 is 1.53 bits per heavy atom. The van der Waals surface area contributed by atoms with Crippen LogP contribution in [0.25, 0.3) is 0 Å². The maximum absolute atomic E-state index is 8.82. The monoisotopic (exact) mass is 207 g/mol. The van der Waals surface area contributed by atoms with Crippen LogP contribution in [0.2, 0.25) is 0 Å². The molecule has 0 aliphatic carbocycles. The number of hydrogen-bond donors (Lipinski definition) is 1. The van der Waals surface area contributed by atoms with E-state index in [1.807, 2.05) is 0 Å². The Hall–Kier alpha value is -1.64. The van der Waals surface area contributed by atoms with Crippen LogP contribution in [0.1, 0.15) is 5.56 Å².